The molecule has 0 atom stereocenters. The molecule has 134 valence electrons. The van der Waals surface area contributed by atoms with Crippen molar-refractivity contribution in [2.24, 2.45) is 5.92 Å². The number of hydrogen-bond donors (Lipinski definition) is 1. The molecule has 1 aliphatic heterocycles. The molecule has 0 aromatic heterocycles. The highest BCUT2D eigenvalue weighted by Gasteiger charge is 2.27. The van der Waals surface area contributed by atoms with Gasteiger partial charge in [0.25, 0.3) is 0 Å². The molecule has 2 rings (SSSR count). The van der Waals surface area contributed by atoms with Crippen molar-refractivity contribution in [2.45, 2.75) is 46.0 Å². The first-order valence-corrected chi connectivity index (χ1v) is 9.33. The first kappa shape index (κ1) is 18.8. The smallest absolute Gasteiger partial charge is 0.309 e. The van der Waals surface area contributed by atoms with Crippen molar-refractivity contribution in [2.75, 3.05) is 32.8 Å². The minimum atomic E-state index is -0.00934. The van der Waals surface area contributed by atoms with E-state index in [1.165, 1.54) is 5.56 Å². The van der Waals surface area contributed by atoms with E-state index in [0.717, 1.165) is 51.3 Å². The van der Waals surface area contributed by atoms with Crippen LogP contribution in [0.2, 0.25) is 0 Å². The fourth-order valence-corrected chi connectivity index (χ4v) is 3.25. The molecule has 0 unspecified atom stereocenters. The van der Waals surface area contributed by atoms with Gasteiger partial charge < -0.3 is 14.4 Å². The van der Waals surface area contributed by atoms with Gasteiger partial charge in [-0.3, -0.25) is 4.79 Å². The van der Waals surface area contributed by atoms with E-state index in [9.17, 15) is 4.79 Å². The largest absolute Gasteiger partial charge is 0.493 e. The zero-order valence-corrected chi connectivity index (χ0v) is 15.3. The fourth-order valence-electron chi connectivity index (χ4n) is 3.25. The molecule has 0 bridgehead atoms. The summed E-state index contributed by atoms with van der Waals surface area (Å²) in [6, 6.07) is 8.39. The predicted molar refractivity (Wildman–Crippen MR) is 95.6 cm³/mol. The number of hydrogen-bond acceptors (Lipinski definition) is 3. The van der Waals surface area contributed by atoms with E-state index in [1.54, 1.807) is 4.90 Å². The van der Waals surface area contributed by atoms with Gasteiger partial charge >= 0.3 is 5.97 Å². The summed E-state index contributed by atoms with van der Waals surface area (Å²) in [5, 5.41) is 0. The van der Waals surface area contributed by atoms with Crippen molar-refractivity contribution >= 4 is 5.97 Å². The summed E-state index contributed by atoms with van der Waals surface area (Å²) < 4.78 is 11.0. The van der Waals surface area contributed by atoms with E-state index in [-0.39, 0.29) is 11.9 Å². The van der Waals surface area contributed by atoms with Crippen LogP contribution in [-0.2, 0) is 9.53 Å². The van der Waals surface area contributed by atoms with Gasteiger partial charge in [0.15, 0.2) is 0 Å². The third-order valence-electron chi connectivity index (χ3n) is 4.78. The predicted octanol–water partition coefficient (Wildman–Crippen LogP) is 2.44. The van der Waals surface area contributed by atoms with E-state index in [4.69, 9.17) is 9.47 Å². The summed E-state index contributed by atoms with van der Waals surface area (Å²) in [5.74, 6) is 1.60. The Morgan fingerprint density at radius 3 is 2.71 bits per heavy atom. The van der Waals surface area contributed by atoms with Gasteiger partial charge in [0.2, 0.25) is 0 Å². The summed E-state index contributed by atoms with van der Waals surface area (Å²) in [4.78, 5) is 13.3. The lowest BCUT2D eigenvalue weighted by Gasteiger charge is -2.28. The number of esters is 1. The van der Waals surface area contributed by atoms with Crippen molar-refractivity contribution in [3.05, 3.63) is 29.8 Å². The number of ether oxygens (including phenoxy) is 2. The fraction of sp³-hybridized carbons (Fsp3) is 0.650. The molecule has 4 nitrogen and oxygen atoms in total. The van der Waals surface area contributed by atoms with Crippen LogP contribution < -0.4 is 9.64 Å². The maximum absolute atomic E-state index is 11.7. The van der Waals surface area contributed by atoms with E-state index in [0.29, 0.717) is 12.5 Å². The van der Waals surface area contributed by atoms with Gasteiger partial charge in [0.05, 0.1) is 38.8 Å². The second-order valence-electron chi connectivity index (χ2n) is 6.96. The van der Waals surface area contributed by atoms with Crippen LogP contribution in [0.25, 0.3) is 0 Å². The van der Waals surface area contributed by atoms with Crippen molar-refractivity contribution in [1.82, 2.24) is 0 Å². The molecule has 0 amide bonds. The molecule has 0 saturated carbocycles. The average Bonchev–Trinajstić information content (AvgIpc) is 2.60. The highest BCUT2D eigenvalue weighted by Crippen LogP contribution is 2.20. The third-order valence-corrected chi connectivity index (χ3v) is 4.78. The second-order valence-corrected chi connectivity index (χ2v) is 6.96. The van der Waals surface area contributed by atoms with E-state index >= 15 is 0 Å². The van der Waals surface area contributed by atoms with Gasteiger partial charge in [0.1, 0.15) is 5.75 Å². The number of benzene rings is 1. The molecule has 4 heteroatoms. The van der Waals surface area contributed by atoms with Crippen LogP contribution in [0, 0.1) is 5.92 Å². The normalized spacial score (nSPS) is 20.8. The van der Waals surface area contributed by atoms with Gasteiger partial charge in [-0.25, -0.2) is 0 Å². The van der Waals surface area contributed by atoms with Crippen LogP contribution in [0.1, 0.15) is 51.5 Å². The molecule has 1 saturated heterocycles. The third kappa shape index (κ3) is 5.82. The molecule has 1 aromatic carbocycles. The van der Waals surface area contributed by atoms with Crippen LogP contribution in [0.15, 0.2) is 24.3 Å². The monoisotopic (exact) mass is 334 g/mol. The van der Waals surface area contributed by atoms with Gasteiger partial charge in [-0.1, -0.05) is 26.0 Å². The van der Waals surface area contributed by atoms with Crippen molar-refractivity contribution in [1.29, 1.82) is 0 Å². The van der Waals surface area contributed by atoms with Gasteiger partial charge in [-0.2, -0.15) is 0 Å². The summed E-state index contributed by atoms with van der Waals surface area (Å²) in [7, 11) is 0. The summed E-state index contributed by atoms with van der Waals surface area (Å²) in [6.07, 6.45) is 2.95. The number of likely N-dealkylation sites (tertiary alicyclic amines) is 1. The van der Waals surface area contributed by atoms with E-state index in [1.807, 2.05) is 13.0 Å². The Bertz CT molecular complexity index is 507. The van der Waals surface area contributed by atoms with Gasteiger partial charge in [-0.05, 0) is 30.5 Å². The second kappa shape index (κ2) is 9.67. The van der Waals surface area contributed by atoms with Crippen molar-refractivity contribution < 1.29 is 19.2 Å². The Morgan fingerprint density at radius 2 is 2.04 bits per heavy atom. The van der Waals surface area contributed by atoms with Crippen molar-refractivity contribution in [3.8, 4) is 5.75 Å². The molecule has 0 spiro atoms. The number of piperidine rings is 1. The first-order chi connectivity index (χ1) is 11.6. The Balaban J connectivity index is 1.63. The molecule has 1 fully saturated rings. The molecule has 24 heavy (non-hydrogen) atoms. The zero-order chi connectivity index (χ0) is 17.4. The topological polar surface area (TPSA) is 40.0 Å². The number of carbonyl (C=O) groups is 1. The highest BCUT2D eigenvalue weighted by atomic mass is 16.5. The number of carbonyl (C=O) groups excluding carboxylic acids is 1. The molecule has 0 radical (unpaired) electrons. The highest BCUT2D eigenvalue weighted by molar-refractivity contribution is 5.72. The van der Waals surface area contributed by atoms with Crippen LogP contribution in [0.3, 0.4) is 0 Å². The molecule has 1 N–H and O–H groups in total. The lowest BCUT2D eigenvalue weighted by atomic mass is 9.97. The van der Waals surface area contributed by atoms with Gasteiger partial charge in [-0.15, -0.1) is 0 Å². The van der Waals surface area contributed by atoms with E-state index < -0.39 is 0 Å². The van der Waals surface area contributed by atoms with Crippen LogP contribution in [0.5, 0.6) is 5.75 Å². The maximum atomic E-state index is 11.7. The Morgan fingerprint density at radius 1 is 1.29 bits per heavy atom. The molecular formula is C20H32NO3+. The zero-order valence-electron chi connectivity index (χ0n) is 15.3. The minimum Gasteiger partial charge on any atom is -0.493 e. The lowest BCUT2D eigenvalue weighted by molar-refractivity contribution is -0.906. The minimum absolute atomic E-state index is 0.00934. The van der Waals surface area contributed by atoms with Crippen molar-refractivity contribution in [3.63, 3.8) is 0 Å². The molecular weight excluding hydrogens is 302 g/mol. The number of quaternary nitrogens is 1. The summed E-state index contributed by atoms with van der Waals surface area (Å²) >= 11 is 0. The lowest BCUT2D eigenvalue weighted by Crippen LogP contribution is -3.13. The standard InChI is InChI=1S/C20H31NO3/c1-4-23-20(22)17-9-12-21(13-10-17)11-6-14-24-19-8-5-7-18(15-19)16(2)3/h5,7-8,15-17H,4,6,9-14H2,1-3H3/p+1. The average molecular weight is 334 g/mol. The Kier molecular flexibility index (Phi) is 7.57. The SMILES string of the molecule is CCOC(=O)C1CC[NH+](CCCOc2cccc(C(C)C)c2)CC1. The summed E-state index contributed by atoms with van der Waals surface area (Å²) in [6.45, 7) is 10.7. The summed E-state index contributed by atoms with van der Waals surface area (Å²) in [5.41, 5.74) is 1.32. The Hall–Kier alpha value is -1.55. The molecule has 1 aromatic rings. The number of nitrogens with one attached hydrogen (secondary N) is 1. The quantitative estimate of drug-likeness (QED) is 0.586. The number of rotatable bonds is 8. The molecule has 1 aliphatic rings. The first-order valence-electron chi connectivity index (χ1n) is 9.33. The molecule has 0 aliphatic carbocycles. The van der Waals surface area contributed by atoms with Gasteiger partial charge in [0, 0.05) is 19.3 Å². The van der Waals surface area contributed by atoms with E-state index in [2.05, 4.69) is 32.0 Å². The maximum Gasteiger partial charge on any atom is 0.309 e. The van der Waals surface area contributed by atoms with Crippen LogP contribution in [0.4, 0.5) is 0 Å². The molecule has 1 heterocycles. The Labute approximate surface area is 146 Å². The van der Waals surface area contributed by atoms with Crippen LogP contribution in [-0.4, -0.2) is 38.8 Å². The van der Waals surface area contributed by atoms with Crippen LogP contribution >= 0.6 is 0 Å².